The molecule has 0 bridgehead atoms. The van der Waals surface area contributed by atoms with Crippen LogP contribution < -0.4 is 11.1 Å². The number of sulfonamides is 1. The first-order chi connectivity index (χ1) is 8.82. The first kappa shape index (κ1) is 16.1. The summed E-state index contributed by atoms with van der Waals surface area (Å²) in [6, 6.07) is -0.244. The number of nitrogens with two attached hydrogens (primary N) is 1. The van der Waals surface area contributed by atoms with Gasteiger partial charge in [0.2, 0.25) is 10.0 Å². The highest BCUT2D eigenvalue weighted by Crippen LogP contribution is 2.19. The monoisotopic (exact) mass is 309 g/mol. The number of amides is 1. The lowest BCUT2D eigenvalue weighted by atomic mass is 10.3. The Labute approximate surface area is 118 Å². The van der Waals surface area contributed by atoms with Crippen molar-refractivity contribution in [2.75, 3.05) is 20.2 Å². The van der Waals surface area contributed by atoms with E-state index in [9.17, 15) is 13.2 Å². The molecule has 0 spiro atoms. The molecule has 0 aromatic heterocycles. The summed E-state index contributed by atoms with van der Waals surface area (Å²) in [5.41, 5.74) is 5.47. The summed E-state index contributed by atoms with van der Waals surface area (Å²) < 4.78 is 30.4. The Bertz CT molecular complexity index is 452. The molecule has 2 atom stereocenters. The minimum atomic E-state index is -3.55. The molecule has 9 heteroatoms. The van der Waals surface area contributed by atoms with Crippen LogP contribution in [0.5, 0.6) is 0 Å². The maximum Gasteiger partial charge on any atom is 0.407 e. The molecule has 1 aliphatic heterocycles. The third kappa shape index (κ3) is 3.77. The normalized spacial score (nSPS) is 21.9. The number of nitrogens with zero attached hydrogens (tertiary/aromatic N) is 1. The van der Waals surface area contributed by atoms with Crippen molar-refractivity contribution in [3.63, 3.8) is 0 Å². The van der Waals surface area contributed by atoms with Crippen LogP contribution in [0.2, 0.25) is 0 Å². The fourth-order valence-electron chi connectivity index (χ4n) is 2.04. The lowest BCUT2D eigenvalue weighted by molar-refractivity contribution is 0.167. The SMILES string of the molecule is CCC(C(N)=S)S(=O)(=O)N1CCC(NC(=O)OC)C1. The number of rotatable bonds is 5. The molecule has 0 aromatic rings. The molecule has 19 heavy (non-hydrogen) atoms. The van der Waals surface area contributed by atoms with Crippen LogP contribution in [0.25, 0.3) is 0 Å². The van der Waals surface area contributed by atoms with Crippen LogP contribution in [-0.2, 0) is 14.8 Å². The fraction of sp³-hybridized carbons (Fsp3) is 0.800. The van der Waals surface area contributed by atoms with E-state index in [2.05, 4.69) is 10.1 Å². The van der Waals surface area contributed by atoms with Gasteiger partial charge in [-0.2, -0.15) is 4.31 Å². The number of carbonyl (C=O) groups is 1. The van der Waals surface area contributed by atoms with E-state index in [-0.39, 0.29) is 17.6 Å². The van der Waals surface area contributed by atoms with Gasteiger partial charge >= 0.3 is 6.09 Å². The standard InChI is InChI=1S/C10H19N3O4S2/c1-3-8(9(11)18)19(15,16)13-5-4-7(6-13)12-10(14)17-2/h7-8H,3-6H2,1-2H3,(H2,11,18)(H,12,14). The van der Waals surface area contributed by atoms with Gasteiger partial charge in [0.05, 0.1) is 12.1 Å². The Hall–Kier alpha value is -0.930. The summed E-state index contributed by atoms with van der Waals surface area (Å²) >= 11 is 4.80. The van der Waals surface area contributed by atoms with Crippen molar-refractivity contribution in [3.8, 4) is 0 Å². The van der Waals surface area contributed by atoms with E-state index in [4.69, 9.17) is 18.0 Å². The highest BCUT2D eigenvalue weighted by atomic mass is 32.2. The molecule has 0 aromatic carbocycles. The molecule has 1 amide bonds. The van der Waals surface area contributed by atoms with Gasteiger partial charge < -0.3 is 15.8 Å². The molecule has 3 N–H and O–H groups in total. The van der Waals surface area contributed by atoms with Crippen LogP contribution in [0.4, 0.5) is 4.79 Å². The molecule has 7 nitrogen and oxygen atoms in total. The van der Waals surface area contributed by atoms with Crippen LogP contribution in [0.1, 0.15) is 19.8 Å². The largest absolute Gasteiger partial charge is 0.453 e. The first-order valence-corrected chi connectivity index (χ1v) is 7.86. The maximum atomic E-state index is 12.3. The van der Waals surface area contributed by atoms with Gasteiger partial charge in [-0.3, -0.25) is 0 Å². The number of alkyl carbamates (subject to hydrolysis) is 1. The van der Waals surface area contributed by atoms with Crippen molar-refractivity contribution < 1.29 is 17.9 Å². The maximum absolute atomic E-state index is 12.3. The molecule has 1 saturated heterocycles. The van der Waals surface area contributed by atoms with Crippen molar-refractivity contribution >= 4 is 33.3 Å². The Balaban J connectivity index is 2.72. The zero-order chi connectivity index (χ0) is 14.6. The highest BCUT2D eigenvalue weighted by Gasteiger charge is 2.37. The zero-order valence-corrected chi connectivity index (χ0v) is 12.6. The van der Waals surface area contributed by atoms with Gasteiger partial charge in [-0.25, -0.2) is 13.2 Å². The summed E-state index contributed by atoms with van der Waals surface area (Å²) in [6.45, 7) is 2.29. The number of thiocarbonyl (C=S) groups is 1. The smallest absolute Gasteiger partial charge is 0.407 e. The molecule has 0 aliphatic carbocycles. The predicted molar refractivity (Wildman–Crippen MR) is 75.3 cm³/mol. The van der Waals surface area contributed by atoms with Crippen molar-refractivity contribution in [1.82, 2.24) is 9.62 Å². The van der Waals surface area contributed by atoms with Gasteiger partial charge in [0.15, 0.2) is 0 Å². The number of ether oxygens (including phenoxy) is 1. The molecule has 1 fully saturated rings. The Morgan fingerprint density at radius 3 is 2.74 bits per heavy atom. The summed E-state index contributed by atoms with van der Waals surface area (Å²) in [5.74, 6) is 0. The Morgan fingerprint density at radius 1 is 1.63 bits per heavy atom. The molecule has 1 aliphatic rings. The number of hydrogen-bond donors (Lipinski definition) is 2. The summed E-state index contributed by atoms with van der Waals surface area (Å²) in [4.78, 5) is 11.1. The van der Waals surface area contributed by atoms with Gasteiger partial charge in [0.1, 0.15) is 5.25 Å². The predicted octanol–water partition coefficient (Wildman–Crippen LogP) is -0.189. The van der Waals surface area contributed by atoms with Crippen LogP contribution in [-0.4, -0.2) is 55.3 Å². The van der Waals surface area contributed by atoms with Crippen molar-refractivity contribution in [3.05, 3.63) is 0 Å². The molecular formula is C10H19N3O4S2. The third-order valence-electron chi connectivity index (χ3n) is 3.07. The van der Waals surface area contributed by atoms with Crippen LogP contribution >= 0.6 is 12.2 Å². The molecular weight excluding hydrogens is 290 g/mol. The average Bonchev–Trinajstić information content (AvgIpc) is 2.78. The van der Waals surface area contributed by atoms with E-state index in [1.54, 1.807) is 6.92 Å². The average molecular weight is 309 g/mol. The van der Waals surface area contributed by atoms with Gasteiger partial charge in [0, 0.05) is 19.1 Å². The second-order valence-electron chi connectivity index (χ2n) is 4.32. The quantitative estimate of drug-likeness (QED) is 0.683. The minimum absolute atomic E-state index is 0.0214. The zero-order valence-electron chi connectivity index (χ0n) is 11.0. The highest BCUT2D eigenvalue weighted by molar-refractivity contribution is 7.92. The second kappa shape index (κ2) is 6.49. The first-order valence-electron chi connectivity index (χ1n) is 5.95. The summed E-state index contributed by atoms with van der Waals surface area (Å²) in [5, 5.41) is 1.74. The van der Waals surface area contributed by atoms with Gasteiger partial charge in [-0.1, -0.05) is 19.1 Å². The lowest BCUT2D eigenvalue weighted by Crippen LogP contribution is -2.45. The van der Waals surface area contributed by atoms with Crippen molar-refractivity contribution in [2.45, 2.75) is 31.1 Å². The summed E-state index contributed by atoms with van der Waals surface area (Å²) in [6.07, 6.45) is 0.316. The van der Waals surface area contributed by atoms with Crippen LogP contribution in [0.3, 0.4) is 0 Å². The topological polar surface area (TPSA) is 102 Å². The second-order valence-corrected chi connectivity index (χ2v) is 6.91. The summed E-state index contributed by atoms with van der Waals surface area (Å²) in [7, 11) is -2.29. The molecule has 0 radical (unpaired) electrons. The van der Waals surface area contributed by atoms with E-state index in [1.807, 2.05) is 0 Å². The molecule has 2 unspecified atom stereocenters. The van der Waals surface area contributed by atoms with E-state index in [1.165, 1.54) is 11.4 Å². The lowest BCUT2D eigenvalue weighted by Gasteiger charge is -2.22. The van der Waals surface area contributed by atoms with Crippen LogP contribution in [0, 0.1) is 0 Å². The van der Waals surface area contributed by atoms with E-state index >= 15 is 0 Å². The third-order valence-corrected chi connectivity index (χ3v) is 5.86. The number of hydrogen-bond acceptors (Lipinski definition) is 5. The Morgan fingerprint density at radius 2 is 2.26 bits per heavy atom. The number of nitrogens with one attached hydrogen (secondary N) is 1. The molecule has 1 heterocycles. The van der Waals surface area contributed by atoms with E-state index in [0.717, 1.165) is 0 Å². The molecule has 0 saturated carbocycles. The van der Waals surface area contributed by atoms with Crippen LogP contribution in [0.15, 0.2) is 0 Å². The Kier molecular flexibility index (Phi) is 5.50. The van der Waals surface area contributed by atoms with Crippen molar-refractivity contribution in [1.29, 1.82) is 0 Å². The van der Waals surface area contributed by atoms with Crippen molar-refractivity contribution in [2.24, 2.45) is 5.73 Å². The van der Waals surface area contributed by atoms with Gasteiger partial charge in [-0.15, -0.1) is 0 Å². The van der Waals surface area contributed by atoms with E-state index < -0.39 is 21.4 Å². The van der Waals surface area contributed by atoms with E-state index in [0.29, 0.717) is 19.4 Å². The van der Waals surface area contributed by atoms with Gasteiger partial charge in [0.25, 0.3) is 0 Å². The number of methoxy groups -OCH3 is 1. The molecule has 110 valence electrons. The fourth-order valence-corrected chi connectivity index (χ4v) is 4.40. The molecule has 1 rings (SSSR count). The number of carbonyl (C=O) groups excluding carboxylic acids is 1. The van der Waals surface area contributed by atoms with Gasteiger partial charge in [-0.05, 0) is 12.8 Å². The minimum Gasteiger partial charge on any atom is -0.453 e.